The molecule has 1 atom stereocenters. The number of ether oxygens (including phenoxy) is 2. The SMILES string of the molecule is COCCC1COC2(C1)CN(C(=O)c1cccnc1)C2. The van der Waals surface area contributed by atoms with Crippen LogP contribution in [0.2, 0.25) is 0 Å². The van der Waals surface area contributed by atoms with Gasteiger partial charge in [0.05, 0.1) is 25.3 Å². The number of hydrogen-bond donors (Lipinski definition) is 0. The van der Waals surface area contributed by atoms with Crippen LogP contribution in [0.4, 0.5) is 0 Å². The Morgan fingerprint density at radius 3 is 3.15 bits per heavy atom. The quantitative estimate of drug-likeness (QED) is 0.833. The molecule has 2 saturated heterocycles. The van der Waals surface area contributed by atoms with Crippen LogP contribution in [0.1, 0.15) is 23.2 Å². The molecule has 1 spiro atoms. The highest BCUT2D eigenvalue weighted by atomic mass is 16.5. The molecule has 1 aromatic heterocycles. The van der Waals surface area contributed by atoms with Crippen molar-refractivity contribution in [3.63, 3.8) is 0 Å². The van der Waals surface area contributed by atoms with Gasteiger partial charge in [-0.15, -0.1) is 0 Å². The minimum Gasteiger partial charge on any atom is -0.385 e. The summed E-state index contributed by atoms with van der Waals surface area (Å²) in [5, 5.41) is 0. The molecule has 2 aliphatic rings. The number of aromatic nitrogens is 1. The topological polar surface area (TPSA) is 51.7 Å². The van der Waals surface area contributed by atoms with Crippen LogP contribution in [0.5, 0.6) is 0 Å². The molecule has 2 aliphatic heterocycles. The Bertz CT molecular complexity index is 471. The van der Waals surface area contributed by atoms with Gasteiger partial charge >= 0.3 is 0 Å². The molecule has 5 heteroatoms. The fourth-order valence-corrected chi connectivity index (χ4v) is 3.09. The third-order valence-corrected chi connectivity index (χ3v) is 4.17. The molecular formula is C15H20N2O3. The van der Waals surface area contributed by atoms with Gasteiger partial charge in [0.15, 0.2) is 0 Å². The van der Waals surface area contributed by atoms with Crippen LogP contribution in [0.25, 0.3) is 0 Å². The van der Waals surface area contributed by atoms with Gasteiger partial charge in [-0.3, -0.25) is 9.78 Å². The molecule has 1 amide bonds. The number of methoxy groups -OCH3 is 1. The lowest BCUT2D eigenvalue weighted by Gasteiger charge is -2.47. The van der Waals surface area contributed by atoms with E-state index in [1.165, 1.54) is 0 Å². The van der Waals surface area contributed by atoms with Crippen LogP contribution in [-0.4, -0.2) is 54.8 Å². The van der Waals surface area contributed by atoms with E-state index in [-0.39, 0.29) is 11.5 Å². The zero-order valence-corrected chi connectivity index (χ0v) is 11.7. The second-order valence-electron chi connectivity index (χ2n) is 5.75. The van der Waals surface area contributed by atoms with Crippen LogP contribution in [0.3, 0.4) is 0 Å². The first-order valence-corrected chi connectivity index (χ1v) is 7.05. The maximum atomic E-state index is 12.2. The largest absolute Gasteiger partial charge is 0.385 e. The number of amides is 1. The Balaban J connectivity index is 1.53. The summed E-state index contributed by atoms with van der Waals surface area (Å²) in [6, 6.07) is 3.59. The monoisotopic (exact) mass is 276 g/mol. The zero-order valence-electron chi connectivity index (χ0n) is 11.7. The summed E-state index contributed by atoms with van der Waals surface area (Å²) in [7, 11) is 1.73. The van der Waals surface area contributed by atoms with Crippen LogP contribution in [-0.2, 0) is 9.47 Å². The van der Waals surface area contributed by atoms with Gasteiger partial charge in [0.1, 0.15) is 5.60 Å². The van der Waals surface area contributed by atoms with Crippen LogP contribution < -0.4 is 0 Å². The average Bonchev–Trinajstić information content (AvgIpc) is 2.88. The number of carbonyl (C=O) groups is 1. The Morgan fingerprint density at radius 1 is 1.60 bits per heavy atom. The Morgan fingerprint density at radius 2 is 2.45 bits per heavy atom. The van der Waals surface area contributed by atoms with Gasteiger partial charge in [-0.1, -0.05) is 0 Å². The first-order chi connectivity index (χ1) is 9.72. The van der Waals surface area contributed by atoms with Crippen LogP contribution in [0, 0.1) is 5.92 Å². The van der Waals surface area contributed by atoms with Crippen molar-refractivity contribution in [1.29, 1.82) is 0 Å². The average molecular weight is 276 g/mol. The van der Waals surface area contributed by atoms with E-state index in [0.29, 0.717) is 24.6 Å². The first kappa shape index (κ1) is 13.5. The summed E-state index contributed by atoms with van der Waals surface area (Å²) in [5.74, 6) is 0.610. The lowest BCUT2D eigenvalue weighted by atomic mass is 9.85. The van der Waals surface area contributed by atoms with E-state index >= 15 is 0 Å². The molecule has 0 radical (unpaired) electrons. The second kappa shape index (κ2) is 5.50. The molecule has 2 fully saturated rings. The highest BCUT2D eigenvalue weighted by molar-refractivity contribution is 5.94. The van der Waals surface area contributed by atoms with Crippen molar-refractivity contribution in [3.05, 3.63) is 30.1 Å². The maximum Gasteiger partial charge on any atom is 0.255 e. The fraction of sp³-hybridized carbons (Fsp3) is 0.600. The number of pyridine rings is 1. The highest BCUT2D eigenvalue weighted by Crippen LogP contribution is 2.39. The van der Waals surface area contributed by atoms with Gasteiger partial charge in [-0.05, 0) is 30.9 Å². The predicted molar refractivity (Wildman–Crippen MR) is 73.4 cm³/mol. The van der Waals surface area contributed by atoms with Gasteiger partial charge in [0.2, 0.25) is 0 Å². The molecule has 0 aliphatic carbocycles. The van der Waals surface area contributed by atoms with Gasteiger partial charge < -0.3 is 14.4 Å². The van der Waals surface area contributed by atoms with Crippen LogP contribution in [0.15, 0.2) is 24.5 Å². The summed E-state index contributed by atoms with van der Waals surface area (Å²) in [4.78, 5) is 18.1. The third-order valence-electron chi connectivity index (χ3n) is 4.17. The molecule has 0 saturated carbocycles. The van der Waals surface area contributed by atoms with E-state index < -0.39 is 0 Å². The molecule has 3 rings (SSSR count). The lowest BCUT2D eigenvalue weighted by Crippen LogP contribution is -2.63. The molecule has 0 N–H and O–H groups in total. The molecule has 108 valence electrons. The van der Waals surface area contributed by atoms with Crippen LogP contribution >= 0.6 is 0 Å². The molecule has 0 bridgehead atoms. The van der Waals surface area contributed by atoms with E-state index in [2.05, 4.69) is 4.98 Å². The summed E-state index contributed by atoms with van der Waals surface area (Å²) in [5.41, 5.74) is 0.548. The number of nitrogens with zero attached hydrogens (tertiary/aromatic N) is 2. The Labute approximate surface area is 118 Å². The van der Waals surface area contributed by atoms with Crippen molar-refractivity contribution in [2.75, 3.05) is 33.4 Å². The summed E-state index contributed by atoms with van der Waals surface area (Å²) < 4.78 is 11.1. The van der Waals surface area contributed by atoms with Gasteiger partial charge in [-0.2, -0.15) is 0 Å². The second-order valence-corrected chi connectivity index (χ2v) is 5.75. The standard InChI is InChI=1S/C15H20N2O3/c1-19-6-4-12-7-15(20-9-12)10-17(11-15)14(18)13-3-2-5-16-8-13/h2-3,5,8,12H,4,6-7,9-11H2,1H3. The molecule has 1 aromatic rings. The molecule has 3 heterocycles. The van der Waals surface area contributed by atoms with Crippen molar-refractivity contribution >= 4 is 5.91 Å². The maximum absolute atomic E-state index is 12.2. The Kier molecular flexibility index (Phi) is 3.72. The fourth-order valence-electron chi connectivity index (χ4n) is 3.09. The number of carbonyl (C=O) groups excluding carboxylic acids is 1. The number of likely N-dealkylation sites (tertiary alicyclic amines) is 1. The minimum absolute atomic E-state index is 0.0488. The molecular weight excluding hydrogens is 256 g/mol. The smallest absolute Gasteiger partial charge is 0.255 e. The van der Waals surface area contributed by atoms with E-state index in [9.17, 15) is 4.79 Å². The molecule has 0 aromatic carbocycles. The molecule has 20 heavy (non-hydrogen) atoms. The van der Waals surface area contributed by atoms with E-state index in [0.717, 1.165) is 26.1 Å². The zero-order chi connectivity index (χ0) is 14.0. The molecule has 5 nitrogen and oxygen atoms in total. The van der Waals surface area contributed by atoms with Crippen molar-refractivity contribution in [2.24, 2.45) is 5.92 Å². The van der Waals surface area contributed by atoms with Gasteiger partial charge in [0, 0.05) is 26.1 Å². The van der Waals surface area contributed by atoms with Crippen molar-refractivity contribution in [1.82, 2.24) is 9.88 Å². The van der Waals surface area contributed by atoms with Crippen molar-refractivity contribution in [2.45, 2.75) is 18.4 Å². The summed E-state index contributed by atoms with van der Waals surface area (Å²) >= 11 is 0. The third kappa shape index (κ3) is 2.55. The summed E-state index contributed by atoms with van der Waals surface area (Å²) in [6.07, 6.45) is 5.36. The van der Waals surface area contributed by atoms with Gasteiger partial charge in [-0.25, -0.2) is 0 Å². The van der Waals surface area contributed by atoms with Crippen molar-refractivity contribution < 1.29 is 14.3 Å². The predicted octanol–water partition coefficient (Wildman–Crippen LogP) is 1.35. The van der Waals surface area contributed by atoms with E-state index in [4.69, 9.17) is 9.47 Å². The number of hydrogen-bond acceptors (Lipinski definition) is 4. The van der Waals surface area contributed by atoms with E-state index in [1.807, 2.05) is 4.90 Å². The van der Waals surface area contributed by atoms with Crippen molar-refractivity contribution in [3.8, 4) is 0 Å². The summed E-state index contributed by atoms with van der Waals surface area (Å²) in [6.45, 7) is 2.97. The molecule has 1 unspecified atom stereocenters. The lowest BCUT2D eigenvalue weighted by molar-refractivity contribution is -0.0950. The highest BCUT2D eigenvalue weighted by Gasteiger charge is 2.51. The Hall–Kier alpha value is -1.46. The number of rotatable bonds is 4. The normalized spacial score (nSPS) is 23.9. The van der Waals surface area contributed by atoms with E-state index in [1.54, 1.807) is 31.6 Å². The first-order valence-electron chi connectivity index (χ1n) is 7.05. The minimum atomic E-state index is -0.101. The van der Waals surface area contributed by atoms with Gasteiger partial charge in [0.25, 0.3) is 5.91 Å².